The summed E-state index contributed by atoms with van der Waals surface area (Å²) in [6.45, 7) is 4.03. The minimum absolute atomic E-state index is 0.464. The van der Waals surface area contributed by atoms with Gasteiger partial charge in [0.1, 0.15) is 0 Å². The first kappa shape index (κ1) is 14.3. The lowest BCUT2D eigenvalue weighted by Crippen LogP contribution is -1.91. The van der Waals surface area contributed by atoms with Gasteiger partial charge in [-0.05, 0) is 25.0 Å². The highest BCUT2D eigenvalue weighted by Crippen LogP contribution is 2.13. The lowest BCUT2D eigenvalue weighted by molar-refractivity contribution is 0.508. The summed E-state index contributed by atoms with van der Waals surface area (Å²) in [5.41, 5.74) is 0.928. The molecule has 0 N–H and O–H groups in total. The number of unbranched alkanes of at least 4 members (excludes halogenated alkanes) is 2. The van der Waals surface area contributed by atoms with Gasteiger partial charge in [-0.25, -0.2) is 8.78 Å². The fourth-order valence-corrected chi connectivity index (χ4v) is 1.32. The van der Waals surface area contributed by atoms with Gasteiger partial charge in [-0.3, -0.25) is 0 Å². The third-order valence-electron chi connectivity index (χ3n) is 2.26. The maximum Gasteiger partial charge on any atom is 0.160 e. The van der Waals surface area contributed by atoms with Gasteiger partial charge in [-0.1, -0.05) is 37.5 Å². The van der Waals surface area contributed by atoms with E-state index in [1.807, 2.05) is 13.8 Å². The number of halogens is 2. The maximum absolute atomic E-state index is 13.2. The molecule has 0 heterocycles. The predicted molar refractivity (Wildman–Crippen MR) is 69.9 cm³/mol. The van der Waals surface area contributed by atoms with Crippen molar-refractivity contribution in [3.63, 3.8) is 0 Å². The van der Waals surface area contributed by atoms with Crippen LogP contribution in [0.25, 0.3) is 0 Å². The van der Waals surface area contributed by atoms with Gasteiger partial charge in [-0.15, -0.1) is 0 Å². The van der Waals surface area contributed by atoms with E-state index in [0.29, 0.717) is 11.1 Å². The zero-order valence-electron chi connectivity index (χ0n) is 10.7. The summed E-state index contributed by atoms with van der Waals surface area (Å²) in [7, 11) is 0. The molecular weight excluding hydrogens is 230 g/mol. The van der Waals surface area contributed by atoms with Crippen molar-refractivity contribution in [3.8, 4) is 23.7 Å². The van der Waals surface area contributed by atoms with Crippen molar-refractivity contribution >= 4 is 0 Å². The van der Waals surface area contributed by atoms with Gasteiger partial charge in [0.05, 0.1) is 0 Å². The van der Waals surface area contributed by atoms with Gasteiger partial charge in [-0.2, -0.15) is 0 Å². The van der Waals surface area contributed by atoms with Crippen molar-refractivity contribution in [1.82, 2.24) is 0 Å². The first-order chi connectivity index (χ1) is 8.69. The van der Waals surface area contributed by atoms with Crippen molar-refractivity contribution in [2.45, 2.75) is 39.5 Å². The molecule has 0 aromatic heterocycles. The molecular formula is C16H16F2. The number of hydrogen-bond acceptors (Lipinski definition) is 0. The quantitative estimate of drug-likeness (QED) is 0.684. The van der Waals surface area contributed by atoms with E-state index >= 15 is 0 Å². The van der Waals surface area contributed by atoms with Gasteiger partial charge in [0.25, 0.3) is 0 Å². The zero-order valence-corrected chi connectivity index (χ0v) is 10.7. The Morgan fingerprint density at radius 1 is 0.833 bits per heavy atom. The fourth-order valence-electron chi connectivity index (χ4n) is 1.32. The second kappa shape index (κ2) is 7.51. The monoisotopic (exact) mass is 246 g/mol. The van der Waals surface area contributed by atoms with E-state index in [4.69, 9.17) is 0 Å². The minimum Gasteiger partial charge on any atom is -0.204 e. The molecule has 0 unspecified atom stereocenters. The second-order valence-corrected chi connectivity index (χ2v) is 3.92. The molecule has 0 saturated carbocycles. The van der Waals surface area contributed by atoms with Crippen LogP contribution in [0.15, 0.2) is 12.1 Å². The highest BCUT2D eigenvalue weighted by atomic mass is 19.2. The summed E-state index contributed by atoms with van der Waals surface area (Å²) in [6, 6.07) is 2.24. The molecule has 0 aliphatic carbocycles. The smallest absolute Gasteiger partial charge is 0.160 e. The molecule has 0 saturated heterocycles. The van der Waals surface area contributed by atoms with Crippen LogP contribution in [0.4, 0.5) is 8.78 Å². The summed E-state index contributed by atoms with van der Waals surface area (Å²) in [5.74, 6) is 9.79. The van der Waals surface area contributed by atoms with Gasteiger partial charge in [0.15, 0.2) is 11.6 Å². The molecule has 0 radical (unpaired) electrons. The SMILES string of the molecule is CCCC#Cc1cc(F)c(F)cc1C#CCCC. The van der Waals surface area contributed by atoms with E-state index in [2.05, 4.69) is 23.7 Å². The number of benzene rings is 1. The van der Waals surface area contributed by atoms with Crippen LogP contribution >= 0.6 is 0 Å². The van der Waals surface area contributed by atoms with Crippen molar-refractivity contribution in [2.24, 2.45) is 0 Å². The average molecular weight is 246 g/mol. The van der Waals surface area contributed by atoms with E-state index in [9.17, 15) is 8.78 Å². The van der Waals surface area contributed by atoms with E-state index in [1.165, 1.54) is 0 Å². The van der Waals surface area contributed by atoms with Crippen LogP contribution in [0.5, 0.6) is 0 Å². The van der Waals surface area contributed by atoms with Crippen LogP contribution in [0.1, 0.15) is 50.7 Å². The highest BCUT2D eigenvalue weighted by Gasteiger charge is 2.06. The van der Waals surface area contributed by atoms with Crippen LogP contribution in [0.2, 0.25) is 0 Å². The normalized spacial score (nSPS) is 9.11. The molecule has 0 aliphatic rings. The molecule has 0 amide bonds. The van der Waals surface area contributed by atoms with Gasteiger partial charge < -0.3 is 0 Å². The van der Waals surface area contributed by atoms with Crippen molar-refractivity contribution < 1.29 is 8.78 Å². The molecule has 0 atom stereocenters. The van der Waals surface area contributed by atoms with Crippen LogP contribution < -0.4 is 0 Å². The van der Waals surface area contributed by atoms with E-state index in [1.54, 1.807) is 0 Å². The molecule has 0 aliphatic heterocycles. The van der Waals surface area contributed by atoms with Crippen LogP contribution in [-0.4, -0.2) is 0 Å². The molecule has 94 valence electrons. The Morgan fingerprint density at radius 3 is 1.56 bits per heavy atom. The first-order valence-electron chi connectivity index (χ1n) is 6.15. The molecule has 2 heteroatoms. The van der Waals surface area contributed by atoms with Gasteiger partial charge in [0.2, 0.25) is 0 Å². The molecule has 1 rings (SSSR count). The summed E-state index contributed by atoms with van der Waals surface area (Å²) >= 11 is 0. The van der Waals surface area contributed by atoms with Crippen LogP contribution in [0, 0.1) is 35.3 Å². The molecule has 0 bridgehead atoms. The summed E-state index contributed by atoms with van der Waals surface area (Å²) in [6.07, 6.45) is 3.35. The second-order valence-electron chi connectivity index (χ2n) is 3.92. The van der Waals surface area contributed by atoms with E-state index < -0.39 is 11.6 Å². The standard InChI is InChI=1S/C16H16F2/c1-3-5-7-9-13-11-15(17)16(18)12-14(13)10-8-6-4-2/h11-12H,3-6H2,1-2H3. The first-order valence-corrected chi connectivity index (χ1v) is 6.15. The summed E-state index contributed by atoms with van der Waals surface area (Å²) < 4.78 is 26.3. The lowest BCUT2D eigenvalue weighted by Gasteiger charge is -1.99. The Bertz CT molecular complexity index is 473. The summed E-state index contributed by atoms with van der Waals surface area (Å²) in [5, 5.41) is 0. The average Bonchev–Trinajstić information content (AvgIpc) is 2.35. The van der Waals surface area contributed by atoms with Crippen molar-refractivity contribution in [3.05, 3.63) is 34.9 Å². The number of hydrogen-bond donors (Lipinski definition) is 0. The Balaban J connectivity index is 3.11. The van der Waals surface area contributed by atoms with E-state index in [0.717, 1.165) is 37.8 Å². The Kier molecular flexibility index (Phi) is 5.95. The predicted octanol–water partition coefficient (Wildman–Crippen LogP) is 4.27. The molecule has 0 fully saturated rings. The van der Waals surface area contributed by atoms with Crippen molar-refractivity contribution in [1.29, 1.82) is 0 Å². The zero-order chi connectivity index (χ0) is 13.4. The third-order valence-corrected chi connectivity index (χ3v) is 2.26. The Hall–Kier alpha value is -1.80. The molecule has 0 spiro atoms. The Morgan fingerprint density at radius 2 is 1.22 bits per heavy atom. The molecule has 1 aromatic carbocycles. The van der Waals surface area contributed by atoms with Crippen LogP contribution in [0.3, 0.4) is 0 Å². The fraction of sp³-hybridized carbons (Fsp3) is 0.375. The van der Waals surface area contributed by atoms with Crippen molar-refractivity contribution in [2.75, 3.05) is 0 Å². The molecule has 1 aromatic rings. The maximum atomic E-state index is 13.2. The van der Waals surface area contributed by atoms with Gasteiger partial charge >= 0.3 is 0 Å². The highest BCUT2D eigenvalue weighted by molar-refractivity contribution is 5.50. The molecule has 18 heavy (non-hydrogen) atoms. The van der Waals surface area contributed by atoms with E-state index in [-0.39, 0.29) is 0 Å². The summed E-state index contributed by atoms with van der Waals surface area (Å²) in [4.78, 5) is 0. The molecule has 0 nitrogen and oxygen atoms in total. The lowest BCUT2D eigenvalue weighted by atomic mass is 10.1. The Labute approximate surface area is 107 Å². The largest absolute Gasteiger partial charge is 0.204 e. The topological polar surface area (TPSA) is 0 Å². The number of rotatable bonds is 2. The van der Waals surface area contributed by atoms with Gasteiger partial charge in [0, 0.05) is 24.0 Å². The minimum atomic E-state index is -0.878. The van der Waals surface area contributed by atoms with Crippen LogP contribution in [-0.2, 0) is 0 Å². The third kappa shape index (κ3) is 4.22.